The van der Waals surface area contributed by atoms with E-state index in [0.29, 0.717) is 11.7 Å². The first-order chi connectivity index (χ1) is 13.6. The third-order valence-corrected chi connectivity index (χ3v) is 7.70. The van der Waals surface area contributed by atoms with Crippen molar-refractivity contribution in [2.45, 2.75) is 44.3 Å². The van der Waals surface area contributed by atoms with E-state index in [1.807, 2.05) is 31.2 Å². The van der Waals surface area contributed by atoms with E-state index in [1.54, 1.807) is 15.9 Å². The van der Waals surface area contributed by atoms with Gasteiger partial charge in [0.05, 0.1) is 11.1 Å². The summed E-state index contributed by atoms with van der Waals surface area (Å²) in [6.45, 7) is 2.50. The normalized spacial score (nSPS) is 13.5. The summed E-state index contributed by atoms with van der Waals surface area (Å²) >= 11 is 5.20. The van der Waals surface area contributed by atoms with Crippen LogP contribution in [0, 0.1) is 3.57 Å². The van der Waals surface area contributed by atoms with Crippen molar-refractivity contribution in [2.24, 2.45) is 0 Å². The number of aromatic nitrogens is 2. The molecule has 0 saturated carbocycles. The summed E-state index contributed by atoms with van der Waals surface area (Å²) in [4.78, 5) is 32.3. The third kappa shape index (κ3) is 3.99. The maximum Gasteiger partial charge on any atom is 0.263 e. The minimum atomic E-state index is -0.103. The number of fused-ring (bicyclic) bond motifs is 3. The van der Waals surface area contributed by atoms with Crippen LogP contribution >= 0.6 is 45.7 Å². The minimum absolute atomic E-state index is 0.0347. The van der Waals surface area contributed by atoms with Gasteiger partial charge in [-0.2, -0.15) is 0 Å². The molecule has 0 spiro atoms. The predicted octanol–water partition coefficient (Wildman–Crippen LogP) is 4.69. The number of halogens is 1. The Bertz CT molecular complexity index is 1090. The Labute approximate surface area is 185 Å². The highest BCUT2D eigenvalue weighted by molar-refractivity contribution is 14.1. The summed E-state index contributed by atoms with van der Waals surface area (Å²) in [5.41, 5.74) is 2.01. The number of thiophene rings is 1. The monoisotopic (exact) mass is 525 g/mol. The third-order valence-electron chi connectivity index (χ3n) is 4.82. The van der Waals surface area contributed by atoms with Crippen molar-refractivity contribution in [3.63, 3.8) is 0 Å². The van der Waals surface area contributed by atoms with Gasteiger partial charge in [-0.25, -0.2) is 4.98 Å². The Morgan fingerprint density at radius 1 is 1.29 bits per heavy atom. The molecule has 8 heteroatoms. The number of nitrogens with one attached hydrogen (secondary N) is 1. The second-order valence-corrected chi connectivity index (χ2v) is 9.95. The Balaban J connectivity index is 1.57. The van der Waals surface area contributed by atoms with E-state index >= 15 is 0 Å². The zero-order chi connectivity index (χ0) is 19.7. The highest BCUT2D eigenvalue weighted by Gasteiger charge is 2.22. The maximum atomic E-state index is 13.1. The van der Waals surface area contributed by atoms with Crippen LogP contribution < -0.4 is 10.9 Å². The average Bonchev–Trinajstić information content (AvgIpc) is 3.07. The molecular formula is C20H20IN3O2S2. The number of benzene rings is 1. The number of aryl methyl sites for hydroxylation is 2. The van der Waals surface area contributed by atoms with Crippen LogP contribution in [0.3, 0.4) is 0 Å². The predicted molar refractivity (Wildman–Crippen MR) is 125 cm³/mol. The zero-order valence-corrected chi connectivity index (χ0v) is 19.2. The molecule has 0 saturated heterocycles. The van der Waals surface area contributed by atoms with Crippen molar-refractivity contribution in [1.29, 1.82) is 0 Å². The molecule has 0 fully saturated rings. The molecule has 1 N–H and O–H groups in total. The SMILES string of the molecule is CCn1c(SCC(=O)Nc2ccc(I)cc2)nc2sc3c(c2c1=O)CCCC3. The van der Waals surface area contributed by atoms with Gasteiger partial charge in [0.1, 0.15) is 4.83 Å². The first-order valence-electron chi connectivity index (χ1n) is 9.30. The van der Waals surface area contributed by atoms with Gasteiger partial charge in [0.25, 0.3) is 5.56 Å². The Morgan fingerprint density at radius 3 is 2.79 bits per heavy atom. The molecule has 2 aromatic heterocycles. The van der Waals surface area contributed by atoms with Crippen LogP contribution in [0.15, 0.2) is 34.2 Å². The molecule has 0 unspecified atom stereocenters. The summed E-state index contributed by atoms with van der Waals surface area (Å²) in [7, 11) is 0. The van der Waals surface area contributed by atoms with E-state index in [-0.39, 0.29) is 17.2 Å². The molecule has 3 aromatic rings. The summed E-state index contributed by atoms with van der Waals surface area (Å²) in [5, 5.41) is 4.31. The van der Waals surface area contributed by atoms with Crippen molar-refractivity contribution < 1.29 is 4.79 Å². The molecule has 28 heavy (non-hydrogen) atoms. The van der Waals surface area contributed by atoms with Crippen LogP contribution in [-0.2, 0) is 24.2 Å². The van der Waals surface area contributed by atoms with Gasteiger partial charge in [-0.3, -0.25) is 14.2 Å². The fourth-order valence-corrected chi connectivity index (χ4v) is 5.99. The zero-order valence-electron chi connectivity index (χ0n) is 15.5. The lowest BCUT2D eigenvalue weighted by Gasteiger charge is -2.12. The smallest absolute Gasteiger partial charge is 0.263 e. The van der Waals surface area contributed by atoms with Gasteiger partial charge < -0.3 is 5.32 Å². The lowest BCUT2D eigenvalue weighted by Crippen LogP contribution is -2.24. The molecule has 0 aliphatic heterocycles. The Kier molecular flexibility index (Phi) is 6.07. The fourth-order valence-electron chi connectivity index (χ4n) is 3.47. The molecule has 146 valence electrons. The van der Waals surface area contributed by atoms with E-state index in [9.17, 15) is 9.59 Å². The minimum Gasteiger partial charge on any atom is -0.325 e. The molecule has 4 rings (SSSR count). The number of carbonyl (C=O) groups is 1. The molecule has 0 radical (unpaired) electrons. The first kappa shape index (κ1) is 19.9. The van der Waals surface area contributed by atoms with E-state index in [2.05, 4.69) is 27.9 Å². The Hall–Kier alpha value is -1.39. The molecule has 1 amide bonds. The van der Waals surface area contributed by atoms with Crippen molar-refractivity contribution in [3.05, 3.63) is 48.6 Å². The van der Waals surface area contributed by atoms with Gasteiger partial charge in [0.15, 0.2) is 5.16 Å². The highest BCUT2D eigenvalue weighted by Crippen LogP contribution is 2.34. The van der Waals surface area contributed by atoms with Crippen LogP contribution in [0.4, 0.5) is 5.69 Å². The maximum absolute atomic E-state index is 13.1. The number of anilines is 1. The lowest BCUT2D eigenvalue weighted by molar-refractivity contribution is -0.113. The van der Waals surface area contributed by atoms with Crippen molar-refractivity contribution in [2.75, 3.05) is 11.1 Å². The van der Waals surface area contributed by atoms with Gasteiger partial charge in [-0.05, 0) is 85.0 Å². The van der Waals surface area contributed by atoms with Gasteiger partial charge >= 0.3 is 0 Å². The van der Waals surface area contributed by atoms with Gasteiger partial charge in [0.2, 0.25) is 5.91 Å². The molecule has 0 bridgehead atoms. The Morgan fingerprint density at radius 2 is 2.04 bits per heavy atom. The highest BCUT2D eigenvalue weighted by atomic mass is 127. The van der Waals surface area contributed by atoms with Crippen molar-refractivity contribution >= 4 is 67.5 Å². The molecule has 1 aliphatic rings. The fraction of sp³-hybridized carbons (Fsp3) is 0.350. The van der Waals surface area contributed by atoms with Crippen LogP contribution in [0.5, 0.6) is 0 Å². The molecule has 5 nitrogen and oxygen atoms in total. The standard InChI is InChI=1S/C20H20IN3O2S2/c1-2-24-19(26)17-14-5-3-4-6-15(14)28-18(17)23-20(24)27-11-16(25)22-13-9-7-12(21)8-10-13/h7-10H,2-6,11H2,1H3,(H,22,25). The molecule has 1 aliphatic carbocycles. The van der Waals surface area contributed by atoms with Crippen LogP contribution in [-0.4, -0.2) is 21.2 Å². The summed E-state index contributed by atoms with van der Waals surface area (Å²) < 4.78 is 2.82. The number of thioether (sulfide) groups is 1. The molecule has 0 atom stereocenters. The number of nitrogens with zero attached hydrogens (tertiary/aromatic N) is 2. The van der Waals surface area contributed by atoms with Gasteiger partial charge in [0, 0.05) is 20.7 Å². The first-order valence-corrected chi connectivity index (χ1v) is 12.2. The second-order valence-electron chi connectivity index (χ2n) is 6.68. The number of rotatable bonds is 5. The largest absolute Gasteiger partial charge is 0.325 e. The molecule has 1 aromatic carbocycles. The number of hydrogen-bond donors (Lipinski definition) is 1. The molecular weight excluding hydrogens is 505 g/mol. The average molecular weight is 525 g/mol. The van der Waals surface area contributed by atoms with E-state index in [0.717, 1.165) is 38.7 Å². The number of carbonyl (C=O) groups excluding carboxylic acids is 1. The van der Waals surface area contributed by atoms with Gasteiger partial charge in [-0.1, -0.05) is 11.8 Å². The van der Waals surface area contributed by atoms with Crippen LogP contribution in [0.2, 0.25) is 0 Å². The van der Waals surface area contributed by atoms with Gasteiger partial charge in [-0.15, -0.1) is 11.3 Å². The lowest BCUT2D eigenvalue weighted by atomic mass is 9.97. The van der Waals surface area contributed by atoms with Crippen molar-refractivity contribution in [3.8, 4) is 0 Å². The number of amides is 1. The van der Waals surface area contributed by atoms with Crippen molar-refractivity contribution in [1.82, 2.24) is 9.55 Å². The van der Waals surface area contributed by atoms with Crippen LogP contribution in [0.25, 0.3) is 10.2 Å². The summed E-state index contributed by atoms with van der Waals surface area (Å²) in [5.74, 6) is 0.114. The second kappa shape index (κ2) is 8.54. The quantitative estimate of drug-likeness (QED) is 0.298. The number of hydrogen-bond acceptors (Lipinski definition) is 5. The van der Waals surface area contributed by atoms with E-state index in [1.165, 1.54) is 28.6 Å². The summed E-state index contributed by atoms with van der Waals surface area (Å²) in [6.07, 6.45) is 4.34. The van der Waals surface area contributed by atoms with E-state index in [4.69, 9.17) is 4.98 Å². The van der Waals surface area contributed by atoms with Crippen LogP contribution in [0.1, 0.15) is 30.2 Å². The van der Waals surface area contributed by atoms with E-state index < -0.39 is 0 Å². The molecule has 2 heterocycles. The topological polar surface area (TPSA) is 64.0 Å². The summed E-state index contributed by atoms with van der Waals surface area (Å²) in [6, 6.07) is 7.66.